The molecule has 0 aliphatic carbocycles. The lowest BCUT2D eigenvalue weighted by Crippen LogP contribution is -2.32. The molecule has 0 spiro atoms. The summed E-state index contributed by atoms with van der Waals surface area (Å²) in [5, 5.41) is 2.94. The van der Waals surface area contributed by atoms with Crippen LogP contribution in [0.25, 0.3) is 0 Å². The Bertz CT molecular complexity index is 590. The highest BCUT2D eigenvalue weighted by atomic mass is 35.5. The van der Waals surface area contributed by atoms with Gasteiger partial charge in [0.15, 0.2) is 0 Å². The second-order valence-corrected chi connectivity index (χ2v) is 6.55. The molecule has 124 valence electrons. The summed E-state index contributed by atoms with van der Waals surface area (Å²) in [5.74, 6) is 0.948. The number of anilines is 1. The van der Waals surface area contributed by atoms with Gasteiger partial charge < -0.3 is 11.1 Å². The molecule has 1 atom stereocenters. The van der Waals surface area contributed by atoms with E-state index in [-0.39, 0.29) is 23.6 Å². The van der Waals surface area contributed by atoms with Crippen LogP contribution >= 0.6 is 24.2 Å². The first-order valence-electron chi connectivity index (χ1n) is 7.43. The topological polar surface area (TPSA) is 55.1 Å². The van der Waals surface area contributed by atoms with Gasteiger partial charge in [-0.2, -0.15) is 0 Å². The minimum Gasteiger partial charge on any atom is -0.399 e. The maximum absolute atomic E-state index is 12.1. The van der Waals surface area contributed by atoms with E-state index in [9.17, 15) is 4.79 Å². The van der Waals surface area contributed by atoms with Crippen LogP contribution in [0.5, 0.6) is 0 Å². The second kappa shape index (κ2) is 10.2. The Kier molecular flexibility index (Phi) is 8.59. The Morgan fingerprint density at radius 3 is 2.39 bits per heavy atom. The minimum absolute atomic E-state index is 0. The van der Waals surface area contributed by atoms with Gasteiger partial charge in [0.05, 0.1) is 5.25 Å². The Labute approximate surface area is 148 Å². The number of carbonyl (C=O) groups is 1. The molecule has 3 nitrogen and oxygen atoms in total. The predicted octanol–water partition coefficient (Wildman–Crippen LogP) is 3.67. The van der Waals surface area contributed by atoms with Gasteiger partial charge in [-0.15, -0.1) is 24.2 Å². The van der Waals surface area contributed by atoms with Crippen molar-refractivity contribution in [2.24, 2.45) is 0 Å². The largest absolute Gasteiger partial charge is 0.399 e. The van der Waals surface area contributed by atoms with Crippen LogP contribution in [-0.4, -0.2) is 17.7 Å². The molecule has 23 heavy (non-hydrogen) atoms. The normalized spacial score (nSPS) is 11.3. The van der Waals surface area contributed by atoms with Crippen LogP contribution in [0.1, 0.15) is 18.1 Å². The van der Waals surface area contributed by atoms with Gasteiger partial charge in [-0.1, -0.05) is 42.5 Å². The number of hydrogen-bond acceptors (Lipinski definition) is 3. The van der Waals surface area contributed by atoms with Gasteiger partial charge in [0.25, 0.3) is 0 Å². The van der Waals surface area contributed by atoms with E-state index >= 15 is 0 Å². The van der Waals surface area contributed by atoms with Crippen molar-refractivity contribution >= 4 is 35.8 Å². The smallest absolute Gasteiger partial charge is 0.232 e. The highest BCUT2D eigenvalue weighted by Crippen LogP contribution is 2.17. The average Bonchev–Trinajstić information content (AvgIpc) is 2.55. The second-order valence-electron chi connectivity index (χ2n) is 5.22. The van der Waals surface area contributed by atoms with E-state index < -0.39 is 0 Å². The number of thioether (sulfide) groups is 1. The van der Waals surface area contributed by atoms with E-state index in [0.29, 0.717) is 6.54 Å². The van der Waals surface area contributed by atoms with Gasteiger partial charge in [-0.25, -0.2) is 0 Å². The van der Waals surface area contributed by atoms with Crippen LogP contribution in [0, 0.1) is 0 Å². The molecule has 0 saturated heterocycles. The lowest BCUT2D eigenvalue weighted by Gasteiger charge is -2.12. The van der Waals surface area contributed by atoms with Crippen LogP contribution in [0.3, 0.4) is 0 Å². The molecule has 1 unspecified atom stereocenters. The first-order valence-corrected chi connectivity index (χ1v) is 8.47. The number of amides is 1. The number of benzene rings is 2. The van der Waals surface area contributed by atoms with E-state index in [4.69, 9.17) is 5.73 Å². The summed E-state index contributed by atoms with van der Waals surface area (Å²) in [6.45, 7) is 2.60. The Hall–Kier alpha value is -1.65. The Morgan fingerprint density at radius 2 is 1.74 bits per heavy atom. The molecule has 0 saturated carbocycles. The van der Waals surface area contributed by atoms with E-state index in [1.165, 1.54) is 11.1 Å². The van der Waals surface area contributed by atoms with Crippen molar-refractivity contribution in [2.75, 3.05) is 12.3 Å². The van der Waals surface area contributed by atoms with Crippen molar-refractivity contribution in [2.45, 2.75) is 24.3 Å². The molecule has 2 aromatic rings. The molecule has 0 aliphatic rings. The number of nitrogen functional groups attached to an aromatic ring is 1. The van der Waals surface area contributed by atoms with E-state index in [1.54, 1.807) is 11.8 Å². The number of nitrogens with one attached hydrogen (secondary N) is 1. The zero-order chi connectivity index (χ0) is 15.8. The van der Waals surface area contributed by atoms with Crippen molar-refractivity contribution in [1.29, 1.82) is 0 Å². The van der Waals surface area contributed by atoms with Crippen LogP contribution in [0.4, 0.5) is 5.69 Å². The molecular formula is C18H23ClN2OS. The molecule has 0 bridgehead atoms. The fraction of sp³-hybridized carbons (Fsp3) is 0.278. The summed E-state index contributed by atoms with van der Waals surface area (Å²) in [5.41, 5.74) is 8.84. The molecule has 5 heteroatoms. The predicted molar refractivity (Wildman–Crippen MR) is 102 cm³/mol. The molecule has 2 aromatic carbocycles. The molecule has 1 amide bonds. The molecule has 0 aromatic heterocycles. The third kappa shape index (κ3) is 6.97. The van der Waals surface area contributed by atoms with E-state index in [2.05, 4.69) is 17.4 Å². The molecule has 3 N–H and O–H groups in total. The van der Waals surface area contributed by atoms with Gasteiger partial charge in [-0.05, 0) is 36.6 Å². The standard InChI is InChI=1S/C18H22N2OS.ClH/c1-14(22-13-16-5-3-2-4-6-16)18(21)20-12-11-15-7-9-17(19)10-8-15;/h2-10,14H,11-13,19H2,1H3,(H,20,21);1H. The Morgan fingerprint density at radius 1 is 1.09 bits per heavy atom. The summed E-state index contributed by atoms with van der Waals surface area (Å²) in [6.07, 6.45) is 0.822. The van der Waals surface area contributed by atoms with Crippen LogP contribution < -0.4 is 11.1 Å². The summed E-state index contributed by atoms with van der Waals surface area (Å²) in [6, 6.07) is 18.0. The van der Waals surface area contributed by atoms with E-state index in [0.717, 1.165) is 17.9 Å². The molecule has 0 radical (unpaired) electrons. The third-order valence-electron chi connectivity index (χ3n) is 3.40. The Balaban J connectivity index is 0.00000264. The lowest BCUT2D eigenvalue weighted by atomic mass is 10.1. The number of halogens is 1. The number of nitrogens with two attached hydrogens (primary N) is 1. The summed E-state index contributed by atoms with van der Waals surface area (Å²) >= 11 is 1.66. The number of hydrogen-bond donors (Lipinski definition) is 2. The number of carbonyl (C=O) groups excluding carboxylic acids is 1. The van der Waals surface area contributed by atoms with Gasteiger partial charge in [0.2, 0.25) is 5.91 Å². The van der Waals surface area contributed by atoms with Crippen molar-refractivity contribution in [3.8, 4) is 0 Å². The van der Waals surface area contributed by atoms with Crippen LogP contribution in [0.2, 0.25) is 0 Å². The van der Waals surface area contributed by atoms with Crippen molar-refractivity contribution in [1.82, 2.24) is 5.32 Å². The molecule has 0 heterocycles. The fourth-order valence-electron chi connectivity index (χ4n) is 2.03. The zero-order valence-electron chi connectivity index (χ0n) is 13.2. The van der Waals surface area contributed by atoms with Crippen LogP contribution in [0.15, 0.2) is 54.6 Å². The van der Waals surface area contributed by atoms with Gasteiger partial charge in [-0.3, -0.25) is 4.79 Å². The summed E-state index contributed by atoms with van der Waals surface area (Å²) in [7, 11) is 0. The average molecular weight is 351 g/mol. The maximum Gasteiger partial charge on any atom is 0.232 e. The highest BCUT2D eigenvalue weighted by molar-refractivity contribution is 7.99. The first-order chi connectivity index (χ1) is 10.6. The SMILES string of the molecule is CC(SCc1ccccc1)C(=O)NCCc1ccc(N)cc1.Cl. The van der Waals surface area contributed by atoms with Gasteiger partial charge in [0, 0.05) is 18.0 Å². The van der Waals surface area contributed by atoms with E-state index in [1.807, 2.05) is 49.4 Å². The third-order valence-corrected chi connectivity index (χ3v) is 4.62. The lowest BCUT2D eigenvalue weighted by molar-refractivity contribution is -0.120. The summed E-state index contributed by atoms with van der Waals surface area (Å²) in [4.78, 5) is 12.1. The van der Waals surface area contributed by atoms with Crippen LogP contribution in [-0.2, 0) is 17.0 Å². The van der Waals surface area contributed by atoms with Crippen molar-refractivity contribution in [3.05, 3.63) is 65.7 Å². The molecule has 0 aliphatic heterocycles. The molecule has 0 fully saturated rings. The van der Waals surface area contributed by atoms with Crippen molar-refractivity contribution < 1.29 is 4.79 Å². The molecule has 2 rings (SSSR count). The fourth-order valence-corrected chi connectivity index (χ4v) is 2.90. The van der Waals surface area contributed by atoms with Gasteiger partial charge >= 0.3 is 0 Å². The monoisotopic (exact) mass is 350 g/mol. The maximum atomic E-state index is 12.1. The van der Waals surface area contributed by atoms with Gasteiger partial charge in [0.1, 0.15) is 0 Å². The quantitative estimate of drug-likeness (QED) is 0.749. The zero-order valence-corrected chi connectivity index (χ0v) is 14.8. The number of rotatable bonds is 7. The highest BCUT2D eigenvalue weighted by Gasteiger charge is 2.12. The van der Waals surface area contributed by atoms with Crippen molar-refractivity contribution in [3.63, 3.8) is 0 Å². The minimum atomic E-state index is -0.0494. The molecular weight excluding hydrogens is 328 g/mol. The summed E-state index contributed by atoms with van der Waals surface area (Å²) < 4.78 is 0. The first kappa shape index (κ1) is 19.4.